The summed E-state index contributed by atoms with van der Waals surface area (Å²) < 4.78 is 39.2. The third kappa shape index (κ3) is 6.79. The molecule has 1 aromatic heterocycles. The van der Waals surface area contributed by atoms with Crippen LogP contribution in [0.4, 0.5) is 18.9 Å². The summed E-state index contributed by atoms with van der Waals surface area (Å²) in [5, 5.41) is 15.0. The molecule has 2 aromatic rings. The van der Waals surface area contributed by atoms with Crippen LogP contribution in [0.25, 0.3) is 0 Å². The fraction of sp³-hybridized carbons (Fsp3) is 0.389. The first kappa shape index (κ1) is 22.8. The van der Waals surface area contributed by atoms with E-state index in [2.05, 4.69) is 15.6 Å². The third-order valence-corrected chi connectivity index (χ3v) is 4.76. The number of nitrogens with zero attached hydrogens (tertiary/aromatic N) is 2. The minimum atomic E-state index is -4.44. The number of aliphatic hydroxyl groups excluding tert-OH is 1. The molecule has 0 unspecified atom stereocenters. The van der Waals surface area contributed by atoms with Gasteiger partial charge in [0.15, 0.2) is 5.16 Å². The molecule has 0 aliphatic heterocycles. The van der Waals surface area contributed by atoms with E-state index in [1.807, 2.05) is 6.92 Å². The van der Waals surface area contributed by atoms with E-state index in [0.717, 1.165) is 30.3 Å². The van der Waals surface area contributed by atoms with Crippen molar-refractivity contribution in [3.63, 3.8) is 0 Å². The second-order valence-corrected chi connectivity index (χ2v) is 6.98. The number of aromatic nitrogens is 2. The number of anilines is 1. The third-order valence-electron chi connectivity index (χ3n) is 3.77. The standard InChI is InChI=1S/C18H21F3N4O3S/c1-2-7-22-15(27)9-25-14(10-26)8-23-17(25)29-11-16(28)24-13-5-3-12(4-6-13)18(19,20)21/h3-6,8,26H,2,7,9-11H2,1H3,(H,22,27)(H,24,28). The zero-order valence-electron chi connectivity index (χ0n) is 15.6. The molecule has 0 saturated carbocycles. The molecule has 158 valence electrons. The summed E-state index contributed by atoms with van der Waals surface area (Å²) in [5.74, 6) is -0.750. The van der Waals surface area contributed by atoms with Gasteiger partial charge in [0, 0.05) is 12.2 Å². The number of nitrogens with one attached hydrogen (secondary N) is 2. The highest BCUT2D eigenvalue weighted by Gasteiger charge is 2.30. The lowest BCUT2D eigenvalue weighted by molar-refractivity contribution is -0.137. The first-order valence-electron chi connectivity index (χ1n) is 8.76. The number of alkyl halides is 3. The van der Waals surface area contributed by atoms with Gasteiger partial charge in [-0.3, -0.25) is 9.59 Å². The molecular weight excluding hydrogens is 409 g/mol. The molecule has 7 nitrogen and oxygen atoms in total. The van der Waals surface area contributed by atoms with Gasteiger partial charge in [0.05, 0.1) is 29.8 Å². The van der Waals surface area contributed by atoms with Gasteiger partial charge in [-0.25, -0.2) is 4.98 Å². The van der Waals surface area contributed by atoms with Crippen molar-refractivity contribution in [2.75, 3.05) is 17.6 Å². The summed E-state index contributed by atoms with van der Waals surface area (Å²) in [4.78, 5) is 28.2. The van der Waals surface area contributed by atoms with Crippen LogP contribution in [-0.4, -0.2) is 38.8 Å². The number of hydrogen-bond donors (Lipinski definition) is 3. The smallest absolute Gasteiger partial charge is 0.390 e. The number of thioether (sulfide) groups is 1. The molecule has 0 aliphatic carbocycles. The summed E-state index contributed by atoms with van der Waals surface area (Å²) in [5.41, 5.74) is -0.131. The number of rotatable bonds is 9. The van der Waals surface area contributed by atoms with Gasteiger partial charge < -0.3 is 20.3 Å². The first-order chi connectivity index (χ1) is 13.7. The lowest BCUT2D eigenvalue weighted by Crippen LogP contribution is -2.29. The average Bonchev–Trinajstić information content (AvgIpc) is 3.06. The van der Waals surface area contributed by atoms with Gasteiger partial charge in [-0.1, -0.05) is 18.7 Å². The minimum Gasteiger partial charge on any atom is -0.390 e. The van der Waals surface area contributed by atoms with Crippen LogP contribution in [0.1, 0.15) is 24.6 Å². The van der Waals surface area contributed by atoms with Crippen molar-refractivity contribution in [3.05, 3.63) is 41.7 Å². The summed E-state index contributed by atoms with van der Waals surface area (Å²) in [7, 11) is 0. The lowest BCUT2D eigenvalue weighted by atomic mass is 10.2. The SMILES string of the molecule is CCCNC(=O)Cn1c(CO)cnc1SCC(=O)Nc1ccc(C(F)(F)F)cc1. The molecule has 1 heterocycles. The maximum absolute atomic E-state index is 12.6. The van der Waals surface area contributed by atoms with Crippen molar-refractivity contribution < 1.29 is 27.9 Å². The molecule has 0 fully saturated rings. The number of carbonyl (C=O) groups is 2. The fourth-order valence-electron chi connectivity index (χ4n) is 2.34. The number of imidazole rings is 1. The Morgan fingerprint density at radius 2 is 1.90 bits per heavy atom. The predicted octanol–water partition coefficient (Wildman–Crippen LogP) is 2.65. The largest absolute Gasteiger partial charge is 0.416 e. The van der Waals surface area contributed by atoms with Crippen LogP contribution in [0, 0.1) is 0 Å². The monoisotopic (exact) mass is 430 g/mol. The molecule has 3 N–H and O–H groups in total. The highest BCUT2D eigenvalue weighted by atomic mass is 32.2. The fourth-order valence-corrected chi connectivity index (χ4v) is 3.13. The van der Waals surface area contributed by atoms with Crippen LogP contribution >= 0.6 is 11.8 Å². The highest BCUT2D eigenvalue weighted by molar-refractivity contribution is 7.99. The zero-order valence-corrected chi connectivity index (χ0v) is 16.4. The van der Waals surface area contributed by atoms with Crippen molar-refractivity contribution in [2.24, 2.45) is 0 Å². The van der Waals surface area contributed by atoms with Gasteiger partial charge in [-0.15, -0.1) is 0 Å². The normalized spacial score (nSPS) is 11.3. The van der Waals surface area contributed by atoms with E-state index in [0.29, 0.717) is 17.4 Å². The highest BCUT2D eigenvalue weighted by Crippen LogP contribution is 2.29. The quantitative estimate of drug-likeness (QED) is 0.532. The average molecular weight is 430 g/mol. The van der Waals surface area contributed by atoms with Gasteiger partial charge in [-0.2, -0.15) is 13.2 Å². The Morgan fingerprint density at radius 1 is 1.21 bits per heavy atom. The molecule has 11 heteroatoms. The maximum Gasteiger partial charge on any atom is 0.416 e. The summed E-state index contributed by atoms with van der Waals surface area (Å²) >= 11 is 1.05. The molecule has 2 amide bonds. The Labute approximate surface area is 169 Å². The first-order valence-corrected chi connectivity index (χ1v) is 9.75. The van der Waals surface area contributed by atoms with E-state index in [-0.39, 0.29) is 30.5 Å². The molecule has 0 spiro atoms. The Bertz CT molecular complexity index is 838. The van der Waals surface area contributed by atoms with Crippen LogP contribution in [0.2, 0.25) is 0 Å². The van der Waals surface area contributed by atoms with Crippen molar-refractivity contribution in [3.8, 4) is 0 Å². The van der Waals surface area contributed by atoms with Gasteiger partial charge in [-0.05, 0) is 30.7 Å². The Balaban J connectivity index is 1.96. The van der Waals surface area contributed by atoms with Gasteiger partial charge in [0.25, 0.3) is 0 Å². The van der Waals surface area contributed by atoms with Crippen molar-refractivity contribution in [1.82, 2.24) is 14.9 Å². The molecule has 2 rings (SSSR count). The number of hydrogen-bond acceptors (Lipinski definition) is 5. The van der Waals surface area contributed by atoms with Crippen molar-refractivity contribution in [1.29, 1.82) is 0 Å². The maximum atomic E-state index is 12.6. The zero-order chi connectivity index (χ0) is 21.4. The van der Waals surface area contributed by atoms with Crippen LogP contribution < -0.4 is 10.6 Å². The summed E-state index contributed by atoms with van der Waals surface area (Å²) in [6.45, 7) is 2.10. The van der Waals surface area contributed by atoms with Crippen LogP contribution in [-0.2, 0) is 28.9 Å². The minimum absolute atomic E-state index is 0.0429. The van der Waals surface area contributed by atoms with Gasteiger partial charge in [0.1, 0.15) is 6.54 Å². The molecular formula is C18H21F3N4O3S. The summed E-state index contributed by atoms with van der Waals surface area (Å²) in [6.07, 6.45) is -2.24. The van der Waals surface area contributed by atoms with Crippen molar-refractivity contribution in [2.45, 2.75) is 37.8 Å². The van der Waals surface area contributed by atoms with Crippen LogP contribution in [0.15, 0.2) is 35.6 Å². The number of carbonyl (C=O) groups excluding carboxylic acids is 2. The number of aliphatic hydroxyl groups is 1. The van der Waals surface area contributed by atoms with E-state index in [1.165, 1.54) is 22.9 Å². The lowest BCUT2D eigenvalue weighted by Gasteiger charge is -2.11. The Morgan fingerprint density at radius 3 is 2.48 bits per heavy atom. The molecule has 0 aliphatic rings. The second-order valence-electron chi connectivity index (χ2n) is 6.04. The Kier molecular flexibility index (Phi) is 8.09. The van der Waals surface area contributed by atoms with E-state index >= 15 is 0 Å². The molecule has 0 radical (unpaired) electrons. The van der Waals surface area contributed by atoms with Gasteiger partial charge >= 0.3 is 6.18 Å². The van der Waals surface area contributed by atoms with Crippen molar-refractivity contribution >= 4 is 29.3 Å². The van der Waals surface area contributed by atoms with E-state index in [1.54, 1.807) is 0 Å². The molecule has 0 bridgehead atoms. The number of amides is 2. The predicted molar refractivity (Wildman–Crippen MR) is 102 cm³/mol. The van der Waals surface area contributed by atoms with E-state index in [9.17, 15) is 27.9 Å². The van der Waals surface area contributed by atoms with Gasteiger partial charge in [0.2, 0.25) is 11.8 Å². The second kappa shape index (κ2) is 10.3. The molecule has 1 aromatic carbocycles. The molecule has 0 atom stereocenters. The number of benzene rings is 1. The van der Waals surface area contributed by atoms with E-state index in [4.69, 9.17) is 0 Å². The Hall–Kier alpha value is -2.53. The molecule has 29 heavy (non-hydrogen) atoms. The van der Waals surface area contributed by atoms with E-state index < -0.39 is 17.6 Å². The van der Waals surface area contributed by atoms with Crippen LogP contribution in [0.5, 0.6) is 0 Å². The summed E-state index contributed by atoms with van der Waals surface area (Å²) in [6, 6.07) is 4.12. The topological polar surface area (TPSA) is 96.2 Å². The molecule has 0 saturated heterocycles. The van der Waals surface area contributed by atoms with Crippen LogP contribution in [0.3, 0.4) is 0 Å². The number of halogens is 3.